The molecule has 1 aromatic heterocycles. The second kappa shape index (κ2) is 5.10. The summed E-state index contributed by atoms with van der Waals surface area (Å²) in [6, 6.07) is -1.42. The predicted molar refractivity (Wildman–Crippen MR) is 65.5 cm³/mol. The molecule has 0 aromatic carbocycles. The number of hydrogen-bond donors (Lipinski definition) is 4. The van der Waals surface area contributed by atoms with Crippen molar-refractivity contribution in [3.63, 3.8) is 0 Å². The Balaban J connectivity index is 3.48. The lowest BCUT2D eigenvalue weighted by molar-refractivity contribution is 0.0832. The minimum atomic E-state index is -5.37. The van der Waals surface area contributed by atoms with Crippen LogP contribution < -0.4 is 0 Å². The maximum Gasteiger partial charge on any atom is 0.373 e. The van der Waals surface area contributed by atoms with Gasteiger partial charge >= 0.3 is 15.2 Å². The first kappa shape index (κ1) is 16.5. The monoisotopic (exact) mass is 314 g/mol. The highest BCUT2D eigenvalue weighted by Gasteiger charge is 2.64. The zero-order chi connectivity index (χ0) is 15.1. The molecular weight excluding hydrogens is 298 g/mol. The van der Waals surface area contributed by atoms with Crippen LogP contribution in [0.1, 0.15) is 18.8 Å². The van der Waals surface area contributed by atoms with Crippen LogP contribution in [-0.2, 0) is 13.7 Å². The molecule has 3 atom stereocenters. The lowest BCUT2D eigenvalue weighted by atomic mass is 10.3. The van der Waals surface area contributed by atoms with Gasteiger partial charge in [-0.25, -0.2) is 4.98 Å². The molecular formula is C8H16N2O7P2. The van der Waals surface area contributed by atoms with E-state index in [1.165, 1.54) is 30.8 Å². The van der Waals surface area contributed by atoms with Crippen molar-refractivity contribution in [3.05, 3.63) is 18.2 Å². The molecule has 0 saturated carbocycles. The van der Waals surface area contributed by atoms with Gasteiger partial charge in [-0.2, -0.15) is 0 Å². The van der Waals surface area contributed by atoms with Crippen molar-refractivity contribution in [1.29, 1.82) is 0 Å². The van der Waals surface area contributed by atoms with Gasteiger partial charge in [0, 0.05) is 19.5 Å². The largest absolute Gasteiger partial charge is 0.373 e. The zero-order valence-electron chi connectivity index (χ0n) is 10.5. The van der Waals surface area contributed by atoms with Crippen LogP contribution in [0.2, 0.25) is 0 Å². The van der Waals surface area contributed by atoms with Gasteiger partial charge in [-0.05, 0) is 13.8 Å². The van der Waals surface area contributed by atoms with Crippen molar-refractivity contribution in [2.75, 3.05) is 7.11 Å². The molecule has 0 radical (unpaired) electrons. The molecule has 0 aliphatic rings. The van der Waals surface area contributed by atoms with Crippen LogP contribution in [0.15, 0.2) is 12.4 Å². The van der Waals surface area contributed by atoms with E-state index in [0.717, 1.165) is 7.11 Å². The molecule has 0 fully saturated rings. The second-order valence-corrected chi connectivity index (χ2v) is 8.20. The summed E-state index contributed by atoms with van der Waals surface area (Å²) in [5.41, 5.74) is 0. The number of aliphatic hydroxyl groups is 1. The van der Waals surface area contributed by atoms with Crippen molar-refractivity contribution in [2.24, 2.45) is 0 Å². The molecule has 0 saturated heterocycles. The first-order valence-electron chi connectivity index (χ1n) is 5.15. The maximum atomic E-state index is 11.9. The van der Waals surface area contributed by atoms with Gasteiger partial charge in [-0.3, -0.25) is 9.13 Å². The van der Waals surface area contributed by atoms with Crippen molar-refractivity contribution in [3.8, 4) is 0 Å². The lowest BCUT2D eigenvalue weighted by Gasteiger charge is -2.36. The highest BCUT2D eigenvalue weighted by molar-refractivity contribution is 7.72. The fraction of sp³-hybridized carbons (Fsp3) is 0.625. The number of aryl methyl sites for hydroxylation is 1. The van der Waals surface area contributed by atoms with Gasteiger partial charge in [0.1, 0.15) is 5.82 Å². The van der Waals surface area contributed by atoms with E-state index in [-0.39, 0.29) is 0 Å². The molecule has 11 heteroatoms. The molecule has 9 nitrogen and oxygen atoms in total. The van der Waals surface area contributed by atoms with Gasteiger partial charge in [0.25, 0.3) is 5.08 Å². The SMILES string of the molecule is COP(=O)(O)C(O)(C(C)n1ccnc1C)P(=O)(O)O. The minimum Gasteiger partial charge on any atom is -0.366 e. The van der Waals surface area contributed by atoms with Crippen LogP contribution >= 0.6 is 15.2 Å². The summed E-state index contributed by atoms with van der Waals surface area (Å²) in [4.78, 5) is 32.0. The van der Waals surface area contributed by atoms with Crippen molar-refractivity contribution >= 4 is 15.2 Å². The van der Waals surface area contributed by atoms with E-state index in [1.54, 1.807) is 0 Å². The number of rotatable bonds is 5. The summed E-state index contributed by atoms with van der Waals surface area (Å²) in [5.74, 6) is 0.315. The van der Waals surface area contributed by atoms with E-state index in [0.29, 0.717) is 5.82 Å². The molecule has 0 spiro atoms. The Labute approximate surface area is 109 Å². The Bertz CT molecular complexity index is 553. The average molecular weight is 314 g/mol. The van der Waals surface area contributed by atoms with E-state index in [9.17, 15) is 28.9 Å². The average Bonchev–Trinajstić information content (AvgIpc) is 2.71. The maximum absolute atomic E-state index is 11.9. The molecule has 0 aliphatic carbocycles. The summed E-state index contributed by atoms with van der Waals surface area (Å²) in [5, 5.41) is 6.93. The lowest BCUT2D eigenvalue weighted by Crippen LogP contribution is -2.38. The topological polar surface area (TPSA) is 142 Å². The summed E-state index contributed by atoms with van der Waals surface area (Å²) in [6.45, 7) is 2.71. The van der Waals surface area contributed by atoms with Gasteiger partial charge in [-0.15, -0.1) is 0 Å². The number of aromatic nitrogens is 2. The van der Waals surface area contributed by atoms with Crippen LogP contribution in [0.3, 0.4) is 0 Å². The molecule has 0 amide bonds. The van der Waals surface area contributed by atoms with Gasteiger partial charge in [0.2, 0.25) is 0 Å². The Hall–Kier alpha value is -0.530. The summed E-state index contributed by atoms with van der Waals surface area (Å²) < 4.78 is 28.8. The van der Waals surface area contributed by atoms with E-state index in [1.807, 2.05) is 0 Å². The van der Waals surface area contributed by atoms with Crippen LogP contribution in [0.4, 0.5) is 0 Å². The molecule has 1 aromatic rings. The van der Waals surface area contributed by atoms with Crippen molar-refractivity contribution < 1.29 is 33.4 Å². The molecule has 4 N–H and O–H groups in total. The second-order valence-electron chi connectivity index (χ2n) is 3.99. The predicted octanol–water partition coefficient (Wildman–Crippen LogP) is 0.408. The first-order chi connectivity index (χ1) is 8.49. The normalized spacial score (nSPS) is 20.6. The Morgan fingerprint density at radius 2 is 1.95 bits per heavy atom. The summed E-state index contributed by atoms with van der Waals surface area (Å²) in [6.07, 6.45) is 2.66. The third kappa shape index (κ3) is 2.55. The number of hydrogen-bond acceptors (Lipinski definition) is 5. The van der Waals surface area contributed by atoms with Crippen LogP contribution in [0.5, 0.6) is 0 Å². The molecule has 1 heterocycles. The molecule has 3 unspecified atom stereocenters. The van der Waals surface area contributed by atoms with Crippen molar-refractivity contribution in [1.82, 2.24) is 9.55 Å². The third-order valence-corrected chi connectivity index (χ3v) is 7.40. The summed E-state index contributed by atoms with van der Waals surface area (Å²) >= 11 is 0. The summed E-state index contributed by atoms with van der Waals surface area (Å²) in [7, 11) is -9.58. The molecule has 110 valence electrons. The van der Waals surface area contributed by atoms with Gasteiger partial charge in [-0.1, -0.05) is 0 Å². The highest BCUT2D eigenvalue weighted by Crippen LogP contribution is 2.73. The van der Waals surface area contributed by atoms with E-state index >= 15 is 0 Å². The Morgan fingerprint density at radius 3 is 2.26 bits per heavy atom. The van der Waals surface area contributed by atoms with E-state index in [4.69, 9.17) is 0 Å². The fourth-order valence-corrected chi connectivity index (χ4v) is 4.80. The molecule has 1 rings (SSSR count). The molecule has 19 heavy (non-hydrogen) atoms. The van der Waals surface area contributed by atoms with Crippen LogP contribution in [0, 0.1) is 6.92 Å². The quantitative estimate of drug-likeness (QED) is 0.572. The third-order valence-electron chi connectivity index (χ3n) is 2.93. The highest BCUT2D eigenvalue weighted by atomic mass is 31.2. The molecule has 0 aliphatic heterocycles. The first-order valence-corrected chi connectivity index (χ1v) is 8.34. The van der Waals surface area contributed by atoms with Crippen LogP contribution in [0.25, 0.3) is 0 Å². The number of nitrogens with zero attached hydrogens (tertiary/aromatic N) is 2. The van der Waals surface area contributed by atoms with E-state index in [2.05, 4.69) is 9.51 Å². The van der Waals surface area contributed by atoms with Crippen molar-refractivity contribution in [2.45, 2.75) is 25.0 Å². The van der Waals surface area contributed by atoms with Gasteiger partial charge < -0.3 is 28.9 Å². The van der Waals surface area contributed by atoms with Gasteiger partial charge in [0.15, 0.2) is 0 Å². The Kier molecular flexibility index (Phi) is 4.44. The fourth-order valence-electron chi connectivity index (χ4n) is 1.76. The number of imidazole rings is 1. The zero-order valence-corrected chi connectivity index (χ0v) is 12.3. The Morgan fingerprint density at radius 1 is 1.42 bits per heavy atom. The molecule has 0 bridgehead atoms. The minimum absolute atomic E-state index is 0.315. The van der Waals surface area contributed by atoms with Gasteiger partial charge in [0.05, 0.1) is 6.04 Å². The van der Waals surface area contributed by atoms with E-state index < -0.39 is 26.3 Å². The smallest absolute Gasteiger partial charge is 0.366 e. The standard InChI is InChI=1S/C8H16N2O7P2/c1-6(10-5-4-9-7(10)2)8(11,18(12,13)14)19(15,16)17-3/h4-6,11H,1-3H3,(H,15,16)(H2,12,13,14). The van der Waals surface area contributed by atoms with Crippen LogP contribution in [-0.4, -0.2) is 41.5 Å².